The molecule has 260 valence electrons. The molecule has 2 fully saturated rings. The van der Waals surface area contributed by atoms with Crippen molar-refractivity contribution in [2.45, 2.75) is 24.9 Å². The summed E-state index contributed by atoms with van der Waals surface area (Å²) in [5.41, 5.74) is 9.49. The first-order valence-corrected chi connectivity index (χ1v) is 18.0. The Bertz CT molecular complexity index is 2140. The standard InChI is InChI=1S/C44H44N2O5/c1-43(2)37-28-38(46-21-25-50-26-22-46)39(48-4)27-36(37)40-33-7-5-6-8-34(33)42-35(41(40)43)17-18-44(51-42,30-11-15-32(47-3)16-12-30)29-9-13-31(14-10-29)45-19-23-49-24-20-45/h5-18,27-28H,19-26H2,1-4H3. The lowest BCUT2D eigenvalue weighted by Crippen LogP contribution is -2.37. The van der Waals surface area contributed by atoms with Gasteiger partial charge in [0.25, 0.3) is 0 Å². The zero-order valence-electron chi connectivity index (χ0n) is 29.8. The molecule has 0 amide bonds. The van der Waals surface area contributed by atoms with Gasteiger partial charge in [0.15, 0.2) is 5.60 Å². The minimum absolute atomic E-state index is 0.292. The number of nitrogens with zero attached hydrogens (tertiary/aromatic N) is 2. The van der Waals surface area contributed by atoms with Crippen LogP contribution in [-0.2, 0) is 20.5 Å². The third-order valence-corrected chi connectivity index (χ3v) is 11.4. The zero-order chi connectivity index (χ0) is 34.7. The molecule has 0 spiro atoms. The molecule has 5 aromatic carbocycles. The molecule has 2 saturated heterocycles. The third kappa shape index (κ3) is 5.01. The highest BCUT2D eigenvalue weighted by atomic mass is 16.5. The molecule has 1 aliphatic carbocycles. The largest absolute Gasteiger partial charge is 0.497 e. The van der Waals surface area contributed by atoms with Gasteiger partial charge in [-0.3, -0.25) is 0 Å². The van der Waals surface area contributed by atoms with Crippen molar-refractivity contribution >= 4 is 28.2 Å². The molecule has 7 heteroatoms. The van der Waals surface area contributed by atoms with E-state index in [0.717, 1.165) is 97.6 Å². The fraction of sp³-hybridized carbons (Fsp3) is 0.318. The highest BCUT2D eigenvalue weighted by Gasteiger charge is 2.45. The molecule has 3 heterocycles. The molecule has 0 radical (unpaired) electrons. The van der Waals surface area contributed by atoms with E-state index in [1.165, 1.54) is 33.3 Å². The first kappa shape index (κ1) is 32.0. The number of anilines is 2. The highest BCUT2D eigenvalue weighted by molar-refractivity contribution is 6.09. The van der Waals surface area contributed by atoms with E-state index >= 15 is 0 Å². The smallest absolute Gasteiger partial charge is 0.178 e. The molecule has 7 nitrogen and oxygen atoms in total. The molecule has 1 atom stereocenters. The van der Waals surface area contributed by atoms with Crippen molar-refractivity contribution in [3.8, 4) is 28.4 Å². The number of methoxy groups -OCH3 is 2. The first-order valence-electron chi connectivity index (χ1n) is 18.0. The van der Waals surface area contributed by atoms with E-state index in [1.807, 2.05) is 12.1 Å². The van der Waals surface area contributed by atoms with Crippen LogP contribution >= 0.6 is 0 Å². The van der Waals surface area contributed by atoms with E-state index in [4.69, 9.17) is 23.7 Å². The lowest BCUT2D eigenvalue weighted by molar-refractivity contribution is 0.122. The van der Waals surface area contributed by atoms with Crippen LogP contribution in [0.2, 0.25) is 0 Å². The second kappa shape index (κ2) is 12.4. The minimum Gasteiger partial charge on any atom is -0.497 e. The van der Waals surface area contributed by atoms with Gasteiger partial charge in [0.2, 0.25) is 0 Å². The predicted octanol–water partition coefficient (Wildman–Crippen LogP) is 8.19. The van der Waals surface area contributed by atoms with Gasteiger partial charge in [-0.1, -0.05) is 68.5 Å². The predicted molar refractivity (Wildman–Crippen MR) is 204 cm³/mol. The van der Waals surface area contributed by atoms with Crippen LogP contribution in [0.1, 0.15) is 41.7 Å². The minimum atomic E-state index is -0.859. The van der Waals surface area contributed by atoms with Gasteiger partial charge in [0.05, 0.1) is 46.3 Å². The van der Waals surface area contributed by atoms with Crippen LogP contribution in [0.3, 0.4) is 0 Å². The fourth-order valence-corrected chi connectivity index (χ4v) is 8.72. The van der Waals surface area contributed by atoms with E-state index in [2.05, 4.69) is 109 Å². The van der Waals surface area contributed by atoms with Crippen LogP contribution in [0.25, 0.3) is 28.0 Å². The molecule has 1 unspecified atom stereocenters. The average molecular weight is 681 g/mol. The second-order valence-corrected chi connectivity index (χ2v) is 14.4. The summed E-state index contributed by atoms with van der Waals surface area (Å²) in [5, 5.41) is 2.28. The average Bonchev–Trinajstić information content (AvgIpc) is 3.43. The lowest BCUT2D eigenvalue weighted by Gasteiger charge is -2.39. The van der Waals surface area contributed by atoms with Crippen LogP contribution in [0.15, 0.2) is 91.0 Å². The normalized spacial score (nSPS) is 20.4. The summed E-state index contributed by atoms with van der Waals surface area (Å²) < 4.78 is 30.5. The van der Waals surface area contributed by atoms with Crippen molar-refractivity contribution < 1.29 is 23.7 Å². The number of fused-ring (bicyclic) bond motifs is 8. The maximum Gasteiger partial charge on any atom is 0.178 e. The Kier molecular flexibility index (Phi) is 7.74. The summed E-state index contributed by atoms with van der Waals surface area (Å²) in [4.78, 5) is 4.78. The molecule has 9 rings (SSSR count). The number of hydrogen-bond donors (Lipinski definition) is 0. The van der Waals surface area contributed by atoms with Gasteiger partial charge in [-0.25, -0.2) is 0 Å². The molecule has 0 bridgehead atoms. The SMILES string of the molecule is COc1ccc(C2(c3ccc(N4CCOCC4)cc3)C=Cc3c4c(c5ccccc5c3O2)-c2cc(OC)c(N3CCOCC3)cc2C4(C)C)cc1. The van der Waals surface area contributed by atoms with Gasteiger partial charge >= 0.3 is 0 Å². The zero-order valence-corrected chi connectivity index (χ0v) is 29.8. The number of rotatable bonds is 6. The van der Waals surface area contributed by atoms with Crippen molar-refractivity contribution in [3.63, 3.8) is 0 Å². The molecular formula is C44H44N2O5. The van der Waals surface area contributed by atoms with Gasteiger partial charge in [-0.15, -0.1) is 0 Å². The summed E-state index contributed by atoms with van der Waals surface area (Å²) in [6, 6.07) is 30.5. The monoisotopic (exact) mass is 680 g/mol. The van der Waals surface area contributed by atoms with Crippen molar-refractivity contribution in [1.29, 1.82) is 0 Å². The molecule has 4 aliphatic rings. The van der Waals surface area contributed by atoms with E-state index in [0.29, 0.717) is 0 Å². The first-order chi connectivity index (χ1) is 24.9. The number of morpholine rings is 2. The van der Waals surface area contributed by atoms with Gasteiger partial charge in [-0.05, 0) is 70.1 Å². The molecule has 0 aromatic heterocycles. The van der Waals surface area contributed by atoms with Crippen LogP contribution in [0, 0.1) is 0 Å². The molecular weight excluding hydrogens is 636 g/mol. The fourth-order valence-electron chi connectivity index (χ4n) is 8.72. The molecule has 5 aromatic rings. The summed E-state index contributed by atoms with van der Waals surface area (Å²) in [6.07, 6.45) is 4.58. The maximum absolute atomic E-state index is 7.54. The summed E-state index contributed by atoms with van der Waals surface area (Å²) in [6.45, 7) is 11.1. The Morgan fingerprint density at radius 3 is 1.96 bits per heavy atom. The van der Waals surface area contributed by atoms with Crippen LogP contribution in [0.5, 0.6) is 17.2 Å². The van der Waals surface area contributed by atoms with E-state index in [-0.39, 0.29) is 5.41 Å². The molecule has 51 heavy (non-hydrogen) atoms. The van der Waals surface area contributed by atoms with Crippen molar-refractivity contribution in [1.82, 2.24) is 0 Å². The van der Waals surface area contributed by atoms with Gasteiger partial charge in [0, 0.05) is 59.4 Å². The molecule has 0 saturated carbocycles. The van der Waals surface area contributed by atoms with Crippen LogP contribution < -0.4 is 24.0 Å². The number of benzene rings is 5. The molecule has 0 N–H and O–H groups in total. The number of hydrogen-bond acceptors (Lipinski definition) is 7. The van der Waals surface area contributed by atoms with Crippen molar-refractivity contribution in [2.75, 3.05) is 76.6 Å². The van der Waals surface area contributed by atoms with Gasteiger partial charge in [0.1, 0.15) is 17.2 Å². The lowest BCUT2D eigenvalue weighted by atomic mass is 9.76. The molecule has 3 aliphatic heterocycles. The van der Waals surface area contributed by atoms with Crippen molar-refractivity contribution in [2.24, 2.45) is 0 Å². The van der Waals surface area contributed by atoms with E-state index in [9.17, 15) is 0 Å². The second-order valence-electron chi connectivity index (χ2n) is 14.4. The van der Waals surface area contributed by atoms with Gasteiger partial charge < -0.3 is 33.5 Å². The summed E-state index contributed by atoms with van der Waals surface area (Å²) >= 11 is 0. The van der Waals surface area contributed by atoms with E-state index < -0.39 is 5.60 Å². The maximum atomic E-state index is 7.54. The highest BCUT2D eigenvalue weighted by Crippen LogP contribution is 2.59. The van der Waals surface area contributed by atoms with Crippen LogP contribution in [0.4, 0.5) is 11.4 Å². The Labute approximate surface area is 299 Å². The van der Waals surface area contributed by atoms with Gasteiger partial charge in [-0.2, -0.15) is 0 Å². The third-order valence-electron chi connectivity index (χ3n) is 11.4. The summed E-state index contributed by atoms with van der Waals surface area (Å²) in [5.74, 6) is 2.61. The Morgan fingerprint density at radius 1 is 0.686 bits per heavy atom. The van der Waals surface area contributed by atoms with Crippen LogP contribution in [-0.4, -0.2) is 66.8 Å². The van der Waals surface area contributed by atoms with E-state index in [1.54, 1.807) is 14.2 Å². The quantitative estimate of drug-likeness (QED) is 0.179. The Morgan fingerprint density at radius 2 is 1.31 bits per heavy atom. The van der Waals surface area contributed by atoms with Crippen molar-refractivity contribution in [3.05, 3.63) is 119 Å². The topological polar surface area (TPSA) is 52.6 Å². The Balaban J connectivity index is 1.23. The Hall–Kier alpha value is -4.98. The summed E-state index contributed by atoms with van der Waals surface area (Å²) in [7, 11) is 3.48. The number of ether oxygens (including phenoxy) is 5.